The third-order valence-corrected chi connectivity index (χ3v) is 4.37. The molecule has 1 aliphatic rings. The highest BCUT2D eigenvalue weighted by molar-refractivity contribution is 5.39. The number of fused-ring (bicyclic) bond motifs is 1. The topological polar surface area (TPSA) is 35.2 Å². The number of para-hydroxylation sites is 1. The molecule has 1 aliphatic heterocycles. The van der Waals surface area contributed by atoms with Crippen LogP contribution in [0.2, 0.25) is 0 Å². The maximum atomic E-state index is 5.97. The summed E-state index contributed by atoms with van der Waals surface area (Å²) in [5.74, 6) is 2.16. The van der Waals surface area contributed by atoms with Gasteiger partial charge in [-0.05, 0) is 30.4 Å². The van der Waals surface area contributed by atoms with Crippen molar-refractivity contribution in [2.45, 2.75) is 33.1 Å². The van der Waals surface area contributed by atoms with Gasteiger partial charge in [-0.2, -0.15) is 0 Å². The van der Waals surface area contributed by atoms with Crippen LogP contribution in [0.3, 0.4) is 0 Å². The Labute approximate surface area is 104 Å². The molecule has 2 unspecified atom stereocenters. The van der Waals surface area contributed by atoms with Crippen LogP contribution in [0.15, 0.2) is 24.3 Å². The van der Waals surface area contributed by atoms with E-state index in [0.29, 0.717) is 11.8 Å². The molecule has 2 atom stereocenters. The van der Waals surface area contributed by atoms with E-state index in [1.165, 1.54) is 5.56 Å². The standard InChI is InChI=1S/C15H23NO/c1-11(2)15(3,10-16)8-12-9-17-14-7-5-4-6-13(12)14/h4-7,11-12H,8-10,16H2,1-3H3. The number of rotatable bonds is 4. The Morgan fingerprint density at radius 3 is 2.76 bits per heavy atom. The molecule has 0 fully saturated rings. The second-order valence-corrected chi connectivity index (χ2v) is 5.76. The van der Waals surface area contributed by atoms with E-state index in [1.807, 2.05) is 6.07 Å². The van der Waals surface area contributed by atoms with Crippen LogP contribution in [0, 0.1) is 11.3 Å². The van der Waals surface area contributed by atoms with Crippen molar-refractivity contribution in [2.75, 3.05) is 13.2 Å². The number of hydrogen-bond donors (Lipinski definition) is 1. The maximum Gasteiger partial charge on any atom is 0.122 e. The average molecular weight is 233 g/mol. The molecule has 1 aromatic carbocycles. The predicted octanol–water partition coefficient (Wildman–Crippen LogP) is 3.17. The first-order chi connectivity index (χ1) is 8.07. The number of nitrogens with two attached hydrogens (primary N) is 1. The first kappa shape index (κ1) is 12.4. The van der Waals surface area contributed by atoms with Gasteiger partial charge in [-0.3, -0.25) is 0 Å². The van der Waals surface area contributed by atoms with Gasteiger partial charge >= 0.3 is 0 Å². The number of ether oxygens (including phenoxy) is 1. The molecular formula is C15H23NO. The van der Waals surface area contributed by atoms with Crippen molar-refractivity contribution in [3.05, 3.63) is 29.8 Å². The SMILES string of the molecule is CC(C)C(C)(CN)CC1COc2ccccc21. The summed E-state index contributed by atoms with van der Waals surface area (Å²) in [5, 5.41) is 0. The van der Waals surface area contributed by atoms with E-state index >= 15 is 0 Å². The lowest BCUT2D eigenvalue weighted by Crippen LogP contribution is -2.34. The zero-order valence-corrected chi connectivity index (χ0v) is 11.1. The Balaban J connectivity index is 2.16. The minimum atomic E-state index is 0.200. The summed E-state index contributed by atoms with van der Waals surface area (Å²) >= 11 is 0. The molecule has 0 aliphatic carbocycles. The Hall–Kier alpha value is -1.02. The fraction of sp³-hybridized carbons (Fsp3) is 0.600. The van der Waals surface area contributed by atoms with Crippen molar-refractivity contribution in [3.63, 3.8) is 0 Å². The van der Waals surface area contributed by atoms with Crippen LogP contribution in [0.25, 0.3) is 0 Å². The van der Waals surface area contributed by atoms with Crippen LogP contribution in [-0.2, 0) is 0 Å². The molecule has 2 rings (SSSR count). The molecule has 0 saturated heterocycles. The van der Waals surface area contributed by atoms with Crippen LogP contribution in [0.1, 0.15) is 38.7 Å². The molecule has 1 heterocycles. The highest BCUT2D eigenvalue weighted by Gasteiger charge is 2.34. The summed E-state index contributed by atoms with van der Waals surface area (Å²) in [6.45, 7) is 8.35. The molecule has 94 valence electrons. The lowest BCUT2D eigenvalue weighted by Gasteiger charge is -2.34. The van der Waals surface area contributed by atoms with E-state index in [-0.39, 0.29) is 5.41 Å². The Kier molecular flexibility index (Phi) is 3.43. The van der Waals surface area contributed by atoms with E-state index < -0.39 is 0 Å². The van der Waals surface area contributed by atoms with Gasteiger partial charge in [-0.1, -0.05) is 39.0 Å². The van der Waals surface area contributed by atoms with Crippen LogP contribution < -0.4 is 10.5 Å². The highest BCUT2D eigenvalue weighted by Crippen LogP contribution is 2.42. The van der Waals surface area contributed by atoms with Crippen LogP contribution in [0.4, 0.5) is 0 Å². The fourth-order valence-electron chi connectivity index (χ4n) is 2.52. The monoisotopic (exact) mass is 233 g/mol. The second-order valence-electron chi connectivity index (χ2n) is 5.76. The van der Waals surface area contributed by atoms with Crippen molar-refractivity contribution in [1.82, 2.24) is 0 Å². The van der Waals surface area contributed by atoms with Crippen LogP contribution >= 0.6 is 0 Å². The average Bonchev–Trinajstić information content (AvgIpc) is 2.72. The third kappa shape index (κ3) is 2.32. The van der Waals surface area contributed by atoms with E-state index in [9.17, 15) is 0 Å². The molecule has 2 N–H and O–H groups in total. The Morgan fingerprint density at radius 1 is 1.41 bits per heavy atom. The maximum absolute atomic E-state index is 5.97. The van der Waals surface area contributed by atoms with Gasteiger partial charge in [0.25, 0.3) is 0 Å². The summed E-state index contributed by atoms with van der Waals surface area (Å²) < 4.78 is 5.74. The minimum Gasteiger partial charge on any atom is -0.493 e. The van der Waals surface area contributed by atoms with Crippen molar-refractivity contribution in [3.8, 4) is 5.75 Å². The van der Waals surface area contributed by atoms with E-state index in [2.05, 4.69) is 39.0 Å². The molecule has 0 spiro atoms. The zero-order valence-electron chi connectivity index (χ0n) is 11.1. The predicted molar refractivity (Wildman–Crippen MR) is 71.3 cm³/mol. The molecule has 17 heavy (non-hydrogen) atoms. The smallest absolute Gasteiger partial charge is 0.122 e. The largest absolute Gasteiger partial charge is 0.493 e. The third-order valence-electron chi connectivity index (χ3n) is 4.37. The zero-order chi connectivity index (χ0) is 12.5. The molecule has 0 amide bonds. The normalized spacial score (nSPS) is 22.1. The lowest BCUT2D eigenvalue weighted by atomic mass is 9.72. The van der Waals surface area contributed by atoms with Gasteiger partial charge in [0.1, 0.15) is 5.75 Å². The first-order valence-corrected chi connectivity index (χ1v) is 6.48. The van der Waals surface area contributed by atoms with Gasteiger partial charge in [-0.25, -0.2) is 0 Å². The van der Waals surface area contributed by atoms with Crippen LogP contribution in [-0.4, -0.2) is 13.2 Å². The van der Waals surface area contributed by atoms with Gasteiger partial charge in [-0.15, -0.1) is 0 Å². The number of benzene rings is 1. The van der Waals surface area contributed by atoms with Crippen molar-refractivity contribution in [2.24, 2.45) is 17.1 Å². The summed E-state index contributed by atoms with van der Waals surface area (Å²) in [5.41, 5.74) is 7.52. The minimum absolute atomic E-state index is 0.200. The summed E-state index contributed by atoms with van der Waals surface area (Å²) in [4.78, 5) is 0. The molecule has 0 bridgehead atoms. The molecule has 0 radical (unpaired) electrons. The molecular weight excluding hydrogens is 210 g/mol. The highest BCUT2D eigenvalue weighted by atomic mass is 16.5. The number of hydrogen-bond acceptors (Lipinski definition) is 2. The molecule has 0 saturated carbocycles. The lowest BCUT2D eigenvalue weighted by molar-refractivity contribution is 0.180. The van der Waals surface area contributed by atoms with E-state index in [1.54, 1.807) is 0 Å². The quantitative estimate of drug-likeness (QED) is 0.867. The van der Waals surface area contributed by atoms with Gasteiger partial charge in [0.15, 0.2) is 0 Å². The van der Waals surface area contributed by atoms with Gasteiger partial charge in [0, 0.05) is 11.5 Å². The second kappa shape index (κ2) is 4.69. The molecule has 0 aromatic heterocycles. The first-order valence-electron chi connectivity index (χ1n) is 6.48. The van der Waals surface area contributed by atoms with E-state index in [0.717, 1.165) is 25.3 Å². The van der Waals surface area contributed by atoms with Crippen molar-refractivity contribution < 1.29 is 4.74 Å². The Morgan fingerprint density at radius 2 is 2.12 bits per heavy atom. The summed E-state index contributed by atoms with van der Waals surface area (Å²) in [6.07, 6.45) is 1.11. The van der Waals surface area contributed by atoms with Crippen molar-refractivity contribution in [1.29, 1.82) is 0 Å². The fourth-order valence-corrected chi connectivity index (χ4v) is 2.52. The van der Waals surface area contributed by atoms with Crippen molar-refractivity contribution >= 4 is 0 Å². The van der Waals surface area contributed by atoms with Gasteiger partial charge < -0.3 is 10.5 Å². The molecule has 1 aromatic rings. The Bertz CT molecular complexity index is 388. The van der Waals surface area contributed by atoms with Gasteiger partial charge in [0.2, 0.25) is 0 Å². The molecule has 2 heteroatoms. The van der Waals surface area contributed by atoms with E-state index in [4.69, 9.17) is 10.5 Å². The van der Waals surface area contributed by atoms with Crippen LogP contribution in [0.5, 0.6) is 5.75 Å². The van der Waals surface area contributed by atoms with Gasteiger partial charge in [0.05, 0.1) is 6.61 Å². The summed E-state index contributed by atoms with van der Waals surface area (Å²) in [6, 6.07) is 8.37. The molecule has 2 nitrogen and oxygen atoms in total. The summed E-state index contributed by atoms with van der Waals surface area (Å²) in [7, 11) is 0.